The second kappa shape index (κ2) is 3.71. The van der Waals surface area contributed by atoms with Gasteiger partial charge < -0.3 is 4.90 Å². The standard InChI is InChI=1S/C12H14N2/c1-10-11(9-13)7-8-14(10)12-5-3-2-4-6-12/h2-6,10-11H,7-8H2,1H3. The Bertz CT molecular complexity index is 339. The number of benzene rings is 1. The van der Waals surface area contributed by atoms with Crippen LogP contribution in [0, 0.1) is 17.2 Å². The first-order valence-electron chi connectivity index (χ1n) is 5.04. The second-order valence-electron chi connectivity index (χ2n) is 3.79. The molecular formula is C12H14N2. The van der Waals surface area contributed by atoms with Crippen molar-refractivity contribution in [3.05, 3.63) is 30.3 Å². The lowest BCUT2D eigenvalue weighted by Crippen LogP contribution is -2.29. The van der Waals surface area contributed by atoms with Crippen molar-refractivity contribution >= 4 is 5.69 Å². The molecule has 0 saturated carbocycles. The minimum Gasteiger partial charge on any atom is -0.367 e. The van der Waals surface area contributed by atoms with Crippen LogP contribution in [0.4, 0.5) is 5.69 Å². The van der Waals surface area contributed by atoms with E-state index in [1.807, 2.05) is 18.2 Å². The van der Waals surface area contributed by atoms with Crippen LogP contribution in [0.1, 0.15) is 13.3 Å². The van der Waals surface area contributed by atoms with Gasteiger partial charge in [0.05, 0.1) is 12.0 Å². The molecule has 14 heavy (non-hydrogen) atoms. The molecule has 0 radical (unpaired) electrons. The van der Waals surface area contributed by atoms with E-state index >= 15 is 0 Å². The highest BCUT2D eigenvalue weighted by atomic mass is 15.2. The number of hydrogen-bond acceptors (Lipinski definition) is 2. The summed E-state index contributed by atoms with van der Waals surface area (Å²) in [6.07, 6.45) is 0.993. The van der Waals surface area contributed by atoms with Gasteiger partial charge in [-0.1, -0.05) is 18.2 Å². The number of anilines is 1. The van der Waals surface area contributed by atoms with E-state index in [1.165, 1.54) is 5.69 Å². The van der Waals surface area contributed by atoms with Gasteiger partial charge in [0, 0.05) is 18.3 Å². The fraction of sp³-hybridized carbons (Fsp3) is 0.417. The van der Waals surface area contributed by atoms with Gasteiger partial charge in [-0.15, -0.1) is 0 Å². The molecule has 2 nitrogen and oxygen atoms in total. The van der Waals surface area contributed by atoms with Crippen molar-refractivity contribution in [1.29, 1.82) is 5.26 Å². The Balaban J connectivity index is 2.19. The fourth-order valence-corrected chi connectivity index (χ4v) is 2.10. The lowest BCUT2D eigenvalue weighted by atomic mass is 10.0. The van der Waals surface area contributed by atoms with Gasteiger partial charge in [-0.25, -0.2) is 0 Å². The van der Waals surface area contributed by atoms with Crippen LogP contribution < -0.4 is 4.90 Å². The highest BCUT2D eigenvalue weighted by Gasteiger charge is 2.30. The third-order valence-corrected chi connectivity index (χ3v) is 3.01. The molecule has 2 unspecified atom stereocenters. The van der Waals surface area contributed by atoms with Crippen LogP contribution in [-0.4, -0.2) is 12.6 Å². The fourth-order valence-electron chi connectivity index (χ4n) is 2.10. The second-order valence-corrected chi connectivity index (χ2v) is 3.79. The molecule has 1 aromatic rings. The molecular weight excluding hydrogens is 172 g/mol. The van der Waals surface area contributed by atoms with Gasteiger partial charge in [-0.3, -0.25) is 0 Å². The van der Waals surface area contributed by atoms with Crippen LogP contribution in [-0.2, 0) is 0 Å². The van der Waals surface area contributed by atoms with Gasteiger partial charge in [0.25, 0.3) is 0 Å². The van der Waals surface area contributed by atoms with Gasteiger partial charge in [-0.05, 0) is 25.5 Å². The van der Waals surface area contributed by atoms with Gasteiger partial charge >= 0.3 is 0 Å². The molecule has 1 aliphatic heterocycles. The van der Waals surface area contributed by atoms with Crippen molar-refractivity contribution in [1.82, 2.24) is 0 Å². The smallest absolute Gasteiger partial charge is 0.0681 e. The molecule has 1 aromatic carbocycles. The third kappa shape index (κ3) is 1.46. The maximum atomic E-state index is 8.92. The minimum atomic E-state index is 0.190. The molecule has 1 aliphatic rings. The first-order valence-corrected chi connectivity index (χ1v) is 5.04. The normalized spacial score (nSPS) is 26.1. The number of nitrogens with zero attached hydrogens (tertiary/aromatic N) is 2. The summed E-state index contributed by atoms with van der Waals surface area (Å²) in [5.41, 5.74) is 1.23. The van der Waals surface area contributed by atoms with E-state index in [0.717, 1.165) is 13.0 Å². The first kappa shape index (κ1) is 9.08. The van der Waals surface area contributed by atoms with E-state index in [1.54, 1.807) is 0 Å². The molecule has 0 bridgehead atoms. The van der Waals surface area contributed by atoms with Crippen LogP contribution in [0.15, 0.2) is 30.3 Å². The Kier molecular flexibility index (Phi) is 2.41. The predicted octanol–water partition coefficient (Wildman–Crippen LogP) is 2.42. The lowest BCUT2D eigenvalue weighted by Gasteiger charge is -2.24. The topological polar surface area (TPSA) is 27.0 Å². The Morgan fingerprint density at radius 2 is 2.07 bits per heavy atom. The van der Waals surface area contributed by atoms with E-state index in [4.69, 9.17) is 5.26 Å². The Hall–Kier alpha value is -1.49. The van der Waals surface area contributed by atoms with Gasteiger partial charge in [0.1, 0.15) is 0 Å². The van der Waals surface area contributed by atoms with E-state index in [0.29, 0.717) is 6.04 Å². The largest absolute Gasteiger partial charge is 0.367 e. The van der Waals surface area contributed by atoms with E-state index < -0.39 is 0 Å². The number of nitriles is 1. The van der Waals surface area contributed by atoms with E-state index in [2.05, 4.69) is 30.0 Å². The van der Waals surface area contributed by atoms with Crippen LogP contribution in [0.5, 0.6) is 0 Å². The van der Waals surface area contributed by atoms with Crippen molar-refractivity contribution in [2.75, 3.05) is 11.4 Å². The highest BCUT2D eigenvalue weighted by Crippen LogP contribution is 2.28. The molecule has 0 amide bonds. The van der Waals surface area contributed by atoms with Crippen LogP contribution in [0.3, 0.4) is 0 Å². The van der Waals surface area contributed by atoms with Crippen molar-refractivity contribution in [3.63, 3.8) is 0 Å². The SMILES string of the molecule is CC1C(C#N)CCN1c1ccccc1. The lowest BCUT2D eigenvalue weighted by molar-refractivity contribution is 0.615. The Morgan fingerprint density at radius 3 is 2.64 bits per heavy atom. The zero-order valence-corrected chi connectivity index (χ0v) is 8.35. The molecule has 2 rings (SSSR count). The van der Waals surface area contributed by atoms with Crippen molar-refractivity contribution in [2.45, 2.75) is 19.4 Å². The summed E-state index contributed by atoms with van der Waals surface area (Å²) < 4.78 is 0. The number of para-hydroxylation sites is 1. The van der Waals surface area contributed by atoms with Crippen molar-refractivity contribution < 1.29 is 0 Å². The summed E-state index contributed by atoms with van der Waals surface area (Å²) in [5.74, 6) is 0.190. The minimum absolute atomic E-state index is 0.190. The summed E-state index contributed by atoms with van der Waals surface area (Å²) in [4.78, 5) is 2.31. The Labute approximate surface area is 84.8 Å². The molecule has 0 aliphatic carbocycles. The zero-order valence-electron chi connectivity index (χ0n) is 8.35. The van der Waals surface area contributed by atoms with E-state index in [9.17, 15) is 0 Å². The predicted molar refractivity (Wildman–Crippen MR) is 57.0 cm³/mol. The molecule has 0 aromatic heterocycles. The monoisotopic (exact) mass is 186 g/mol. The number of rotatable bonds is 1. The molecule has 0 spiro atoms. The molecule has 72 valence electrons. The zero-order chi connectivity index (χ0) is 9.97. The average molecular weight is 186 g/mol. The Morgan fingerprint density at radius 1 is 1.36 bits per heavy atom. The van der Waals surface area contributed by atoms with Gasteiger partial charge in [0.2, 0.25) is 0 Å². The molecule has 1 heterocycles. The molecule has 2 heteroatoms. The maximum Gasteiger partial charge on any atom is 0.0681 e. The van der Waals surface area contributed by atoms with Crippen molar-refractivity contribution in [3.8, 4) is 6.07 Å². The quantitative estimate of drug-likeness (QED) is 0.673. The van der Waals surface area contributed by atoms with Crippen LogP contribution in [0.25, 0.3) is 0 Å². The first-order chi connectivity index (χ1) is 6.83. The average Bonchev–Trinajstić information content (AvgIpc) is 2.61. The summed E-state index contributed by atoms with van der Waals surface area (Å²) in [6, 6.07) is 13.0. The van der Waals surface area contributed by atoms with E-state index in [-0.39, 0.29) is 5.92 Å². The summed E-state index contributed by atoms with van der Waals surface area (Å²) >= 11 is 0. The summed E-state index contributed by atoms with van der Waals surface area (Å²) in [7, 11) is 0. The van der Waals surface area contributed by atoms with Crippen molar-refractivity contribution in [2.24, 2.45) is 5.92 Å². The highest BCUT2D eigenvalue weighted by molar-refractivity contribution is 5.48. The third-order valence-electron chi connectivity index (χ3n) is 3.01. The molecule has 1 fully saturated rings. The van der Waals surface area contributed by atoms with Crippen LogP contribution >= 0.6 is 0 Å². The van der Waals surface area contributed by atoms with Crippen LogP contribution in [0.2, 0.25) is 0 Å². The molecule has 2 atom stereocenters. The molecule has 1 saturated heterocycles. The summed E-state index contributed by atoms with van der Waals surface area (Å²) in [5, 5.41) is 8.92. The maximum absolute atomic E-state index is 8.92. The van der Waals surface area contributed by atoms with Gasteiger partial charge in [-0.2, -0.15) is 5.26 Å². The molecule has 0 N–H and O–H groups in total. The number of hydrogen-bond donors (Lipinski definition) is 0. The van der Waals surface area contributed by atoms with Gasteiger partial charge in [0.15, 0.2) is 0 Å². The summed E-state index contributed by atoms with van der Waals surface area (Å²) in [6.45, 7) is 3.14.